The average molecular weight is 267 g/mol. The summed E-state index contributed by atoms with van der Waals surface area (Å²) in [6.45, 7) is 4.11. The van der Waals surface area contributed by atoms with Crippen molar-refractivity contribution in [2.75, 3.05) is 26.9 Å². The molecule has 0 fully saturated rings. The Morgan fingerprint density at radius 1 is 1.39 bits per heavy atom. The molecule has 1 N–H and O–H groups in total. The molecule has 0 aliphatic heterocycles. The van der Waals surface area contributed by atoms with Gasteiger partial charge >= 0.3 is 5.97 Å². The van der Waals surface area contributed by atoms with Crippen LogP contribution in [0.25, 0.3) is 0 Å². The first-order valence-electron chi connectivity index (χ1n) is 6.15. The van der Waals surface area contributed by atoms with E-state index < -0.39 is 18.6 Å². The topological polar surface area (TPSA) is 47.6 Å². The van der Waals surface area contributed by atoms with Crippen LogP contribution in [-0.4, -0.2) is 44.8 Å². The molecule has 0 aromatic rings. The van der Waals surface area contributed by atoms with E-state index in [0.29, 0.717) is 25.8 Å². The number of unbranched alkanes of at least 4 members (excludes halogenated alkanes) is 1. The fourth-order valence-electron chi connectivity index (χ4n) is 1.73. The van der Waals surface area contributed by atoms with Crippen molar-refractivity contribution in [3.05, 3.63) is 0 Å². The number of methoxy groups -OCH3 is 1. The number of nitrogens with one attached hydrogen (secondary N) is 1. The monoisotopic (exact) mass is 267 g/mol. The van der Waals surface area contributed by atoms with E-state index in [9.17, 15) is 13.6 Å². The van der Waals surface area contributed by atoms with Crippen molar-refractivity contribution in [2.45, 2.75) is 45.1 Å². The molecule has 0 saturated heterocycles. The molecule has 0 aromatic carbocycles. The summed E-state index contributed by atoms with van der Waals surface area (Å²) < 4.78 is 33.1. The van der Waals surface area contributed by atoms with Crippen LogP contribution in [0.15, 0.2) is 0 Å². The summed E-state index contributed by atoms with van der Waals surface area (Å²) in [5, 5.41) is 3.08. The van der Waals surface area contributed by atoms with Gasteiger partial charge in [0.2, 0.25) is 0 Å². The number of likely N-dealkylation sites (N-methyl/N-ethyl adjacent to an activating group) is 1. The molecule has 0 aliphatic carbocycles. The van der Waals surface area contributed by atoms with Gasteiger partial charge in [0.15, 0.2) is 0 Å². The van der Waals surface area contributed by atoms with Gasteiger partial charge in [0.1, 0.15) is 12.1 Å². The van der Waals surface area contributed by atoms with Crippen molar-refractivity contribution in [1.82, 2.24) is 5.32 Å². The molecule has 4 nitrogen and oxygen atoms in total. The zero-order chi connectivity index (χ0) is 14.0. The van der Waals surface area contributed by atoms with Crippen LogP contribution >= 0.6 is 0 Å². The molecule has 0 amide bonds. The molecule has 0 rings (SSSR count). The van der Waals surface area contributed by atoms with Gasteiger partial charge in [-0.05, 0) is 32.7 Å². The van der Waals surface area contributed by atoms with Gasteiger partial charge in [-0.1, -0.05) is 6.92 Å². The summed E-state index contributed by atoms with van der Waals surface area (Å²) in [7, 11) is 1.35. The maximum absolute atomic E-state index is 11.8. The quantitative estimate of drug-likeness (QED) is 0.485. The van der Waals surface area contributed by atoms with Crippen molar-refractivity contribution in [3.63, 3.8) is 0 Å². The van der Waals surface area contributed by atoms with Gasteiger partial charge in [0, 0.05) is 6.61 Å². The predicted octanol–water partition coefficient (Wildman–Crippen LogP) is 1.98. The van der Waals surface area contributed by atoms with Crippen molar-refractivity contribution >= 4 is 5.97 Å². The molecule has 0 radical (unpaired) electrons. The standard InChI is InChI=1S/C12H23F2NO3/c1-4-15-12(2,11(16)17-3)7-5-6-8-18-9-10(13)14/h10,15H,4-9H2,1-3H3. The van der Waals surface area contributed by atoms with Crippen molar-refractivity contribution in [1.29, 1.82) is 0 Å². The average Bonchev–Trinajstić information content (AvgIpc) is 2.32. The first kappa shape index (κ1) is 17.2. The lowest BCUT2D eigenvalue weighted by Crippen LogP contribution is -2.50. The molecule has 0 spiro atoms. The molecular formula is C12H23F2NO3. The van der Waals surface area contributed by atoms with Crippen LogP contribution in [0.1, 0.15) is 33.1 Å². The van der Waals surface area contributed by atoms with E-state index >= 15 is 0 Å². The van der Waals surface area contributed by atoms with E-state index in [2.05, 4.69) is 5.32 Å². The van der Waals surface area contributed by atoms with Crippen LogP contribution in [0.3, 0.4) is 0 Å². The molecule has 1 atom stereocenters. The van der Waals surface area contributed by atoms with Crippen molar-refractivity contribution < 1.29 is 23.0 Å². The Morgan fingerprint density at radius 2 is 2.06 bits per heavy atom. The second-order valence-electron chi connectivity index (χ2n) is 4.28. The van der Waals surface area contributed by atoms with Crippen LogP contribution in [0.4, 0.5) is 8.78 Å². The maximum Gasteiger partial charge on any atom is 0.325 e. The third-order valence-corrected chi connectivity index (χ3v) is 2.66. The largest absolute Gasteiger partial charge is 0.468 e. The van der Waals surface area contributed by atoms with E-state index in [-0.39, 0.29) is 12.6 Å². The van der Waals surface area contributed by atoms with Gasteiger partial charge in [-0.25, -0.2) is 8.78 Å². The molecule has 0 aliphatic rings. The Balaban J connectivity index is 3.87. The van der Waals surface area contributed by atoms with Gasteiger partial charge in [-0.2, -0.15) is 0 Å². The smallest absolute Gasteiger partial charge is 0.325 e. The molecule has 1 unspecified atom stereocenters. The molecular weight excluding hydrogens is 244 g/mol. The van der Waals surface area contributed by atoms with Crippen LogP contribution in [0.2, 0.25) is 0 Å². The number of esters is 1. The SMILES string of the molecule is CCNC(C)(CCCCOCC(F)F)C(=O)OC. The lowest BCUT2D eigenvalue weighted by atomic mass is 9.95. The van der Waals surface area contributed by atoms with Gasteiger partial charge in [0.25, 0.3) is 6.43 Å². The summed E-state index contributed by atoms with van der Waals surface area (Å²) in [6, 6.07) is 0. The second-order valence-corrected chi connectivity index (χ2v) is 4.28. The Hall–Kier alpha value is -0.750. The third-order valence-electron chi connectivity index (χ3n) is 2.66. The summed E-state index contributed by atoms with van der Waals surface area (Å²) in [6.07, 6.45) is -0.481. The lowest BCUT2D eigenvalue weighted by Gasteiger charge is -2.27. The van der Waals surface area contributed by atoms with Gasteiger partial charge in [0.05, 0.1) is 7.11 Å². The van der Waals surface area contributed by atoms with E-state index in [0.717, 1.165) is 0 Å². The Labute approximate surface area is 107 Å². The number of carbonyl (C=O) groups excluding carboxylic acids is 1. The first-order valence-corrected chi connectivity index (χ1v) is 6.15. The summed E-state index contributed by atoms with van der Waals surface area (Å²) in [5.74, 6) is -0.308. The molecule has 0 heterocycles. The summed E-state index contributed by atoms with van der Waals surface area (Å²) in [5.41, 5.74) is -0.716. The Bertz CT molecular complexity index is 239. The fraction of sp³-hybridized carbons (Fsp3) is 0.917. The number of carbonyl (C=O) groups is 1. The lowest BCUT2D eigenvalue weighted by molar-refractivity contribution is -0.148. The molecule has 18 heavy (non-hydrogen) atoms. The zero-order valence-corrected chi connectivity index (χ0v) is 11.3. The Kier molecular flexibility index (Phi) is 8.83. The minimum Gasteiger partial charge on any atom is -0.468 e. The van der Waals surface area contributed by atoms with Gasteiger partial charge in [-0.3, -0.25) is 4.79 Å². The zero-order valence-electron chi connectivity index (χ0n) is 11.3. The highest BCUT2D eigenvalue weighted by atomic mass is 19.3. The number of hydrogen-bond donors (Lipinski definition) is 1. The third kappa shape index (κ3) is 6.86. The number of rotatable bonds is 10. The maximum atomic E-state index is 11.8. The number of ether oxygens (including phenoxy) is 2. The summed E-state index contributed by atoms with van der Waals surface area (Å²) in [4.78, 5) is 11.6. The van der Waals surface area contributed by atoms with Crippen LogP contribution in [0, 0.1) is 0 Å². The van der Waals surface area contributed by atoms with Crippen LogP contribution in [0.5, 0.6) is 0 Å². The molecule has 0 bridgehead atoms. The fourth-order valence-corrected chi connectivity index (χ4v) is 1.73. The van der Waals surface area contributed by atoms with Crippen molar-refractivity contribution in [2.24, 2.45) is 0 Å². The van der Waals surface area contributed by atoms with Gasteiger partial charge in [-0.15, -0.1) is 0 Å². The molecule has 108 valence electrons. The first-order chi connectivity index (χ1) is 8.46. The number of hydrogen-bond acceptors (Lipinski definition) is 4. The van der Waals surface area contributed by atoms with Crippen LogP contribution < -0.4 is 5.32 Å². The van der Waals surface area contributed by atoms with E-state index in [1.165, 1.54) is 7.11 Å². The van der Waals surface area contributed by atoms with E-state index in [4.69, 9.17) is 9.47 Å². The van der Waals surface area contributed by atoms with Crippen molar-refractivity contribution in [3.8, 4) is 0 Å². The molecule has 0 aromatic heterocycles. The summed E-state index contributed by atoms with van der Waals surface area (Å²) >= 11 is 0. The Morgan fingerprint density at radius 3 is 2.56 bits per heavy atom. The highest BCUT2D eigenvalue weighted by Gasteiger charge is 2.32. The highest BCUT2D eigenvalue weighted by Crippen LogP contribution is 2.15. The minimum atomic E-state index is -2.42. The second kappa shape index (κ2) is 9.22. The van der Waals surface area contributed by atoms with Crippen LogP contribution in [-0.2, 0) is 14.3 Å². The number of halogens is 2. The van der Waals surface area contributed by atoms with E-state index in [1.54, 1.807) is 6.92 Å². The highest BCUT2D eigenvalue weighted by molar-refractivity contribution is 5.80. The normalized spacial score (nSPS) is 14.6. The minimum absolute atomic E-state index is 0.285. The molecule has 6 heteroatoms. The van der Waals surface area contributed by atoms with E-state index in [1.807, 2.05) is 6.92 Å². The van der Waals surface area contributed by atoms with Gasteiger partial charge < -0.3 is 14.8 Å². The molecule has 0 saturated carbocycles. The predicted molar refractivity (Wildman–Crippen MR) is 64.8 cm³/mol. The number of alkyl halides is 2.